The summed E-state index contributed by atoms with van der Waals surface area (Å²) in [7, 11) is 3.13. The van der Waals surface area contributed by atoms with Gasteiger partial charge in [-0.2, -0.15) is 5.10 Å². The van der Waals surface area contributed by atoms with Crippen molar-refractivity contribution in [1.29, 1.82) is 0 Å². The third kappa shape index (κ3) is 6.86. The topological polar surface area (TPSA) is 78.4 Å². The van der Waals surface area contributed by atoms with Gasteiger partial charge in [0.2, 0.25) is 0 Å². The van der Waals surface area contributed by atoms with Crippen molar-refractivity contribution in [3.63, 3.8) is 0 Å². The third-order valence-electron chi connectivity index (χ3n) is 4.74. The summed E-state index contributed by atoms with van der Waals surface area (Å²) in [5.74, 6) is 1.97. The number of rotatable bonds is 11. The van der Waals surface area contributed by atoms with E-state index >= 15 is 0 Å². The summed E-state index contributed by atoms with van der Waals surface area (Å²) in [4.78, 5) is 12.6. The van der Waals surface area contributed by atoms with E-state index in [0.29, 0.717) is 41.8 Å². The number of hydrogen-bond acceptors (Lipinski definition) is 6. The number of methoxy groups -OCH3 is 2. The van der Waals surface area contributed by atoms with Crippen molar-refractivity contribution < 1.29 is 23.7 Å². The number of nitrogens with one attached hydrogen (secondary N) is 1. The van der Waals surface area contributed by atoms with E-state index in [1.54, 1.807) is 31.5 Å². The molecule has 3 rings (SSSR count). The van der Waals surface area contributed by atoms with E-state index in [1.807, 2.05) is 49.4 Å². The molecule has 0 heterocycles. The highest BCUT2D eigenvalue weighted by Crippen LogP contribution is 2.33. The monoisotopic (exact) mass is 574 g/mol. The lowest BCUT2D eigenvalue weighted by Crippen LogP contribution is -2.17. The Balaban J connectivity index is 1.65. The zero-order valence-electron chi connectivity index (χ0n) is 19.3. The van der Waals surface area contributed by atoms with Crippen molar-refractivity contribution in [3.8, 4) is 23.0 Å². The van der Waals surface area contributed by atoms with E-state index in [9.17, 15) is 4.79 Å². The molecule has 0 aliphatic carbocycles. The molecule has 0 saturated heterocycles. The van der Waals surface area contributed by atoms with Crippen LogP contribution in [0.2, 0.25) is 0 Å². The number of halogens is 1. The molecule has 3 aromatic carbocycles. The molecule has 1 amide bonds. The Morgan fingerprint density at radius 2 is 1.74 bits per heavy atom. The zero-order chi connectivity index (χ0) is 24.3. The molecule has 8 heteroatoms. The van der Waals surface area contributed by atoms with Crippen LogP contribution in [0.5, 0.6) is 23.0 Å². The second-order valence-electron chi connectivity index (χ2n) is 7.22. The highest BCUT2D eigenvalue weighted by atomic mass is 127. The minimum absolute atomic E-state index is 0.367. The average molecular weight is 574 g/mol. The molecule has 0 atom stereocenters. The summed E-state index contributed by atoms with van der Waals surface area (Å²) < 4.78 is 23.4. The van der Waals surface area contributed by atoms with Gasteiger partial charge in [-0.25, -0.2) is 5.43 Å². The van der Waals surface area contributed by atoms with Crippen LogP contribution < -0.4 is 24.4 Å². The van der Waals surface area contributed by atoms with Gasteiger partial charge < -0.3 is 18.9 Å². The van der Waals surface area contributed by atoms with Crippen molar-refractivity contribution in [1.82, 2.24) is 5.43 Å². The number of carbonyl (C=O) groups excluding carboxylic acids is 1. The van der Waals surface area contributed by atoms with Crippen molar-refractivity contribution >= 4 is 34.7 Å². The van der Waals surface area contributed by atoms with Gasteiger partial charge in [0.05, 0.1) is 30.6 Å². The van der Waals surface area contributed by atoms with Crippen LogP contribution in [0.1, 0.15) is 34.8 Å². The Hall–Kier alpha value is -3.27. The van der Waals surface area contributed by atoms with E-state index in [2.05, 4.69) is 33.1 Å². The highest BCUT2D eigenvalue weighted by Gasteiger charge is 2.13. The molecule has 0 radical (unpaired) electrons. The number of hydrazone groups is 1. The van der Waals surface area contributed by atoms with Crippen LogP contribution in [0.3, 0.4) is 0 Å². The van der Waals surface area contributed by atoms with Crippen molar-refractivity contribution in [3.05, 3.63) is 80.9 Å². The molecule has 0 spiro atoms. The van der Waals surface area contributed by atoms with Gasteiger partial charge in [-0.1, -0.05) is 37.3 Å². The van der Waals surface area contributed by atoms with Gasteiger partial charge in [0, 0.05) is 5.56 Å². The molecule has 7 nitrogen and oxygen atoms in total. The number of ether oxygens (including phenoxy) is 4. The SMILES string of the molecule is CCCOc1c(I)cc(/C=N/NC(=O)c2ccc(OCc3ccccc3)c(OC)c2)cc1OC. The van der Waals surface area contributed by atoms with Crippen LogP contribution in [0, 0.1) is 3.57 Å². The van der Waals surface area contributed by atoms with Gasteiger partial charge in [0.15, 0.2) is 23.0 Å². The predicted molar refractivity (Wildman–Crippen MR) is 140 cm³/mol. The van der Waals surface area contributed by atoms with Crippen LogP contribution in [-0.4, -0.2) is 32.9 Å². The first-order valence-electron chi connectivity index (χ1n) is 10.7. The molecule has 0 aliphatic heterocycles. The van der Waals surface area contributed by atoms with Crippen LogP contribution in [0.4, 0.5) is 0 Å². The maximum absolute atomic E-state index is 12.6. The standard InChI is InChI=1S/C26H27IN2O5/c1-4-12-33-25-21(27)13-19(14-24(25)32-3)16-28-29-26(30)20-10-11-22(23(15-20)31-2)34-17-18-8-6-5-7-9-18/h5-11,13-16H,4,12,17H2,1-3H3,(H,29,30)/b28-16+. The average Bonchev–Trinajstić information content (AvgIpc) is 2.87. The molecule has 0 aromatic heterocycles. The fraction of sp³-hybridized carbons (Fsp3) is 0.231. The molecule has 0 bridgehead atoms. The maximum atomic E-state index is 12.6. The van der Waals surface area contributed by atoms with Crippen LogP contribution in [-0.2, 0) is 6.61 Å². The first kappa shape index (κ1) is 25.4. The van der Waals surface area contributed by atoms with E-state index in [1.165, 1.54) is 7.11 Å². The molecule has 34 heavy (non-hydrogen) atoms. The van der Waals surface area contributed by atoms with Crippen LogP contribution in [0.25, 0.3) is 0 Å². The molecule has 0 unspecified atom stereocenters. The number of carbonyl (C=O) groups is 1. The Morgan fingerprint density at radius 3 is 2.44 bits per heavy atom. The summed E-state index contributed by atoms with van der Waals surface area (Å²) in [6.45, 7) is 3.05. The number of hydrogen-bond donors (Lipinski definition) is 1. The number of benzene rings is 3. The minimum Gasteiger partial charge on any atom is -0.493 e. The van der Waals surface area contributed by atoms with Gasteiger partial charge in [-0.05, 0) is 70.5 Å². The van der Waals surface area contributed by atoms with Gasteiger partial charge in [0.25, 0.3) is 5.91 Å². The molecular formula is C26H27IN2O5. The second-order valence-corrected chi connectivity index (χ2v) is 8.38. The molecule has 3 aromatic rings. The zero-order valence-corrected chi connectivity index (χ0v) is 21.5. The van der Waals surface area contributed by atoms with Gasteiger partial charge >= 0.3 is 0 Å². The molecule has 178 valence electrons. The lowest BCUT2D eigenvalue weighted by Gasteiger charge is -2.13. The molecular weight excluding hydrogens is 547 g/mol. The van der Waals surface area contributed by atoms with E-state index in [4.69, 9.17) is 18.9 Å². The summed E-state index contributed by atoms with van der Waals surface area (Å²) in [5, 5.41) is 4.08. The lowest BCUT2D eigenvalue weighted by molar-refractivity contribution is 0.0954. The first-order chi connectivity index (χ1) is 16.5. The maximum Gasteiger partial charge on any atom is 0.271 e. The van der Waals surface area contributed by atoms with Crippen molar-refractivity contribution in [2.24, 2.45) is 5.10 Å². The van der Waals surface area contributed by atoms with E-state index in [-0.39, 0.29) is 5.91 Å². The largest absolute Gasteiger partial charge is 0.493 e. The van der Waals surface area contributed by atoms with Crippen molar-refractivity contribution in [2.75, 3.05) is 20.8 Å². The van der Waals surface area contributed by atoms with Crippen LogP contribution in [0.15, 0.2) is 65.8 Å². The Labute approximate surface area is 213 Å². The fourth-order valence-corrected chi connectivity index (χ4v) is 3.83. The third-order valence-corrected chi connectivity index (χ3v) is 5.55. The number of amides is 1. The van der Waals surface area contributed by atoms with Gasteiger partial charge in [-0.3, -0.25) is 4.79 Å². The Kier molecular flexibility index (Phi) is 9.57. The fourth-order valence-electron chi connectivity index (χ4n) is 3.05. The molecule has 0 fully saturated rings. The Bertz CT molecular complexity index is 1140. The quantitative estimate of drug-likeness (QED) is 0.188. The smallest absolute Gasteiger partial charge is 0.271 e. The van der Waals surface area contributed by atoms with Gasteiger partial charge in [0.1, 0.15) is 6.61 Å². The summed E-state index contributed by atoms with van der Waals surface area (Å²) in [5.41, 5.74) is 4.75. The van der Waals surface area contributed by atoms with E-state index in [0.717, 1.165) is 21.1 Å². The van der Waals surface area contributed by atoms with Gasteiger partial charge in [-0.15, -0.1) is 0 Å². The minimum atomic E-state index is -0.367. The van der Waals surface area contributed by atoms with Crippen LogP contribution >= 0.6 is 22.6 Å². The number of nitrogens with zero attached hydrogens (tertiary/aromatic N) is 1. The summed E-state index contributed by atoms with van der Waals surface area (Å²) in [6.07, 6.45) is 2.46. The van der Waals surface area contributed by atoms with Crippen molar-refractivity contribution in [2.45, 2.75) is 20.0 Å². The summed E-state index contributed by atoms with van der Waals surface area (Å²) in [6, 6.07) is 18.5. The lowest BCUT2D eigenvalue weighted by atomic mass is 10.2. The molecule has 0 saturated carbocycles. The molecule has 1 N–H and O–H groups in total. The molecule has 0 aliphatic rings. The summed E-state index contributed by atoms with van der Waals surface area (Å²) >= 11 is 2.19. The normalized spacial score (nSPS) is 10.7. The predicted octanol–water partition coefficient (Wildman–Crippen LogP) is 5.44. The van der Waals surface area contributed by atoms with E-state index < -0.39 is 0 Å². The highest BCUT2D eigenvalue weighted by molar-refractivity contribution is 14.1. The second kappa shape index (κ2) is 12.8. The Morgan fingerprint density at radius 1 is 0.971 bits per heavy atom. The first-order valence-corrected chi connectivity index (χ1v) is 11.8.